The van der Waals surface area contributed by atoms with Crippen molar-refractivity contribution in [3.63, 3.8) is 0 Å². The van der Waals surface area contributed by atoms with Crippen molar-refractivity contribution in [3.05, 3.63) is 39.7 Å². The van der Waals surface area contributed by atoms with Crippen LogP contribution in [0.1, 0.15) is 55.9 Å². The largest absolute Gasteiger partial charge is 0.462 e. The Balaban J connectivity index is 1.85. The smallest absolute Gasteiger partial charge is 0.343 e. The number of hydrogen-bond acceptors (Lipinski definition) is 5. The van der Waals surface area contributed by atoms with Crippen LogP contribution in [0, 0.1) is 11.6 Å². The molecule has 0 amide bonds. The third-order valence-electron chi connectivity index (χ3n) is 5.76. The zero-order valence-electron chi connectivity index (χ0n) is 17.3. The van der Waals surface area contributed by atoms with Crippen LogP contribution in [-0.4, -0.2) is 42.8 Å². The molecule has 0 spiro atoms. The van der Waals surface area contributed by atoms with Gasteiger partial charge in [0.15, 0.2) is 5.82 Å². The first-order chi connectivity index (χ1) is 14.4. The lowest BCUT2D eigenvalue weighted by molar-refractivity contribution is 0.0497. The van der Waals surface area contributed by atoms with E-state index >= 15 is 8.78 Å². The maximum Gasteiger partial charge on any atom is 0.343 e. The van der Waals surface area contributed by atoms with Gasteiger partial charge in [-0.15, -0.1) is 0 Å². The number of benzene rings is 1. The summed E-state index contributed by atoms with van der Waals surface area (Å²) in [7, 11) is 0. The van der Waals surface area contributed by atoms with Crippen LogP contribution >= 0.6 is 0 Å². The second-order valence-corrected chi connectivity index (χ2v) is 8.22. The van der Waals surface area contributed by atoms with E-state index in [1.165, 1.54) is 6.20 Å². The van der Waals surface area contributed by atoms with E-state index < -0.39 is 23.0 Å². The summed E-state index contributed by atoms with van der Waals surface area (Å²) < 4.78 is 37.5. The molecular weight excluding hydrogens is 392 g/mol. The van der Waals surface area contributed by atoms with Crippen LogP contribution in [0.15, 0.2) is 17.1 Å². The first-order valence-corrected chi connectivity index (χ1v) is 10.6. The van der Waals surface area contributed by atoms with Gasteiger partial charge in [0.1, 0.15) is 17.1 Å². The summed E-state index contributed by atoms with van der Waals surface area (Å²) in [5, 5.41) is 3.14. The Morgan fingerprint density at radius 1 is 1.33 bits per heavy atom. The first-order valence-electron chi connectivity index (χ1n) is 10.6. The first kappa shape index (κ1) is 20.8. The van der Waals surface area contributed by atoms with E-state index in [4.69, 9.17) is 4.74 Å². The third-order valence-corrected chi connectivity index (χ3v) is 5.76. The lowest BCUT2D eigenvalue weighted by Crippen LogP contribution is -2.49. The van der Waals surface area contributed by atoms with Crippen LogP contribution in [0.3, 0.4) is 0 Å². The van der Waals surface area contributed by atoms with Crippen molar-refractivity contribution in [2.45, 2.75) is 51.6 Å². The monoisotopic (exact) mass is 419 g/mol. The van der Waals surface area contributed by atoms with Crippen LogP contribution in [0.25, 0.3) is 10.9 Å². The van der Waals surface area contributed by atoms with E-state index in [1.807, 2.05) is 13.8 Å². The molecule has 2 heterocycles. The molecule has 30 heavy (non-hydrogen) atoms. The van der Waals surface area contributed by atoms with Crippen LogP contribution < -0.4 is 15.6 Å². The minimum absolute atomic E-state index is 0.00921. The highest BCUT2D eigenvalue weighted by Gasteiger charge is 2.32. The van der Waals surface area contributed by atoms with Crippen LogP contribution in [0.5, 0.6) is 0 Å². The number of carbonyl (C=O) groups is 1. The van der Waals surface area contributed by atoms with Crippen molar-refractivity contribution in [3.8, 4) is 0 Å². The molecule has 1 unspecified atom stereocenters. The van der Waals surface area contributed by atoms with Crippen molar-refractivity contribution >= 4 is 22.6 Å². The number of unbranched alkanes of at least 4 members (excludes halogenated alkanes) is 1. The molecule has 1 aliphatic carbocycles. The fraction of sp³-hybridized carbons (Fsp3) is 0.545. The Kier molecular flexibility index (Phi) is 5.77. The van der Waals surface area contributed by atoms with Crippen LogP contribution in [0.4, 0.5) is 14.5 Å². The number of aromatic nitrogens is 1. The van der Waals surface area contributed by atoms with Crippen molar-refractivity contribution in [1.82, 2.24) is 9.88 Å². The normalized spacial score (nSPS) is 19.3. The minimum Gasteiger partial charge on any atom is -0.462 e. The van der Waals surface area contributed by atoms with Gasteiger partial charge in [0.25, 0.3) is 0 Å². The number of anilines is 1. The van der Waals surface area contributed by atoms with Gasteiger partial charge in [-0.2, -0.15) is 0 Å². The summed E-state index contributed by atoms with van der Waals surface area (Å²) in [4.78, 5) is 27.1. The molecule has 2 fully saturated rings. The number of piperazine rings is 1. The number of pyridine rings is 1. The fourth-order valence-corrected chi connectivity index (χ4v) is 4.03. The number of nitrogens with one attached hydrogen (secondary N) is 1. The highest BCUT2D eigenvalue weighted by Crippen LogP contribution is 2.39. The van der Waals surface area contributed by atoms with Gasteiger partial charge in [-0.3, -0.25) is 4.79 Å². The number of esters is 1. The SMILES string of the molecule is CCCCOC(=O)c1cn(C2CC2)c2c(F)c(N3CCNC(C)C3)c(F)cc2c1=O. The van der Waals surface area contributed by atoms with E-state index in [2.05, 4.69) is 5.32 Å². The van der Waals surface area contributed by atoms with Crippen molar-refractivity contribution in [1.29, 1.82) is 0 Å². The predicted octanol–water partition coefficient (Wildman–Crippen LogP) is 3.37. The number of fused-ring (bicyclic) bond motifs is 1. The van der Waals surface area contributed by atoms with Gasteiger partial charge in [0.05, 0.1) is 17.5 Å². The van der Waals surface area contributed by atoms with Gasteiger partial charge in [-0.1, -0.05) is 13.3 Å². The minimum atomic E-state index is -0.787. The molecule has 1 aliphatic heterocycles. The zero-order valence-corrected chi connectivity index (χ0v) is 17.3. The fourth-order valence-electron chi connectivity index (χ4n) is 4.03. The number of hydrogen-bond donors (Lipinski definition) is 1. The third kappa shape index (κ3) is 3.80. The topological polar surface area (TPSA) is 63.6 Å². The van der Waals surface area contributed by atoms with E-state index in [-0.39, 0.29) is 40.8 Å². The van der Waals surface area contributed by atoms with Crippen LogP contribution in [-0.2, 0) is 4.74 Å². The number of ether oxygens (including phenoxy) is 1. The Hall–Kier alpha value is -2.48. The molecule has 0 radical (unpaired) electrons. The number of carbonyl (C=O) groups excluding carboxylic acids is 1. The Bertz CT molecular complexity index is 1030. The zero-order chi connectivity index (χ0) is 21.4. The van der Waals surface area contributed by atoms with Gasteiger partial charge >= 0.3 is 5.97 Å². The lowest BCUT2D eigenvalue weighted by atomic mass is 10.1. The van der Waals surface area contributed by atoms with Crippen molar-refractivity contribution < 1.29 is 18.3 Å². The standard InChI is InChI=1S/C22H27F2N3O3/c1-3-4-9-30-22(29)16-12-27(14-5-6-14)19-15(21(16)28)10-17(23)20(18(19)24)26-8-7-25-13(2)11-26/h10,12-14,25H,3-9,11H2,1-2H3. The Labute approximate surface area is 173 Å². The second kappa shape index (κ2) is 8.34. The summed E-state index contributed by atoms with van der Waals surface area (Å²) in [5.74, 6) is -2.27. The van der Waals surface area contributed by atoms with Gasteiger partial charge in [0.2, 0.25) is 5.43 Å². The summed E-state index contributed by atoms with van der Waals surface area (Å²) in [5.41, 5.74) is -0.910. The summed E-state index contributed by atoms with van der Waals surface area (Å²) in [6.07, 6.45) is 4.56. The maximum atomic E-state index is 15.7. The molecule has 1 N–H and O–H groups in total. The van der Waals surface area contributed by atoms with Gasteiger partial charge in [-0.05, 0) is 32.3 Å². The average Bonchev–Trinajstić information content (AvgIpc) is 3.54. The number of halogens is 2. The number of rotatable bonds is 6. The van der Waals surface area contributed by atoms with Gasteiger partial charge < -0.3 is 19.5 Å². The predicted molar refractivity (Wildman–Crippen MR) is 111 cm³/mol. The summed E-state index contributed by atoms with van der Waals surface area (Å²) in [6, 6.07) is 1.16. The lowest BCUT2D eigenvalue weighted by Gasteiger charge is -2.34. The quantitative estimate of drug-likeness (QED) is 0.575. The Morgan fingerprint density at radius 2 is 2.10 bits per heavy atom. The molecule has 1 aromatic carbocycles. The average molecular weight is 419 g/mol. The summed E-state index contributed by atoms with van der Waals surface area (Å²) >= 11 is 0. The van der Waals surface area contributed by atoms with Crippen LogP contribution in [0.2, 0.25) is 0 Å². The summed E-state index contributed by atoms with van der Waals surface area (Å²) in [6.45, 7) is 5.69. The molecule has 1 saturated carbocycles. The molecule has 1 aromatic heterocycles. The van der Waals surface area contributed by atoms with E-state index in [1.54, 1.807) is 9.47 Å². The second-order valence-electron chi connectivity index (χ2n) is 8.22. The van der Waals surface area contributed by atoms with Gasteiger partial charge in [-0.25, -0.2) is 13.6 Å². The van der Waals surface area contributed by atoms with Crippen molar-refractivity contribution in [2.24, 2.45) is 0 Å². The molecule has 6 nitrogen and oxygen atoms in total. The molecule has 1 saturated heterocycles. The van der Waals surface area contributed by atoms with E-state index in [0.29, 0.717) is 26.1 Å². The van der Waals surface area contributed by atoms with E-state index in [0.717, 1.165) is 25.3 Å². The molecule has 1 atom stereocenters. The maximum absolute atomic E-state index is 15.7. The molecule has 4 rings (SSSR count). The molecule has 162 valence electrons. The van der Waals surface area contributed by atoms with Gasteiger partial charge in [0, 0.05) is 37.9 Å². The molecule has 2 aromatic rings. The molecule has 8 heteroatoms. The van der Waals surface area contributed by atoms with E-state index in [9.17, 15) is 9.59 Å². The van der Waals surface area contributed by atoms with Crippen molar-refractivity contribution in [2.75, 3.05) is 31.1 Å². The molecular formula is C22H27F2N3O3. The Morgan fingerprint density at radius 3 is 2.77 bits per heavy atom. The highest BCUT2D eigenvalue weighted by atomic mass is 19.1. The highest BCUT2D eigenvalue weighted by molar-refractivity contribution is 5.95. The number of nitrogens with zero attached hydrogens (tertiary/aromatic N) is 2. The molecule has 0 bridgehead atoms. The molecule has 2 aliphatic rings.